The van der Waals surface area contributed by atoms with E-state index in [1.165, 1.54) is 0 Å². The van der Waals surface area contributed by atoms with Crippen molar-refractivity contribution in [2.75, 3.05) is 0 Å². The van der Waals surface area contributed by atoms with Gasteiger partial charge in [0, 0.05) is 11.5 Å². The van der Waals surface area contributed by atoms with E-state index >= 15 is 0 Å². The molecule has 0 fully saturated rings. The Morgan fingerprint density at radius 3 is 1.76 bits per heavy atom. The van der Waals surface area contributed by atoms with Gasteiger partial charge in [0.15, 0.2) is 11.6 Å². The van der Waals surface area contributed by atoms with Crippen molar-refractivity contribution in [3.8, 4) is 0 Å². The third kappa shape index (κ3) is 4.01. The highest BCUT2D eigenvalue weighted by Crippen LogP contribution is 2.27. The molecule has 1 aromatic carbocycles. The molecule has 0 saturated heterocycles. The molecule has 2 heteroatoms. The molecule has 0 aromatic heterocycles. The summed E-state index contributed by atoms with van der Waals surface area (Å²) >= 11 is 0. The zero-order chi connectivity index (χ0) is 16.2. The van der Waals surface area contributed by atoms with Gasteiger partial charge >= 0.3 is 0 Å². The number of ketones is 2. The number of carbonyl (C=O) groups excluding carboxylic acids is 2. The molecule has 0 N–H and O–H groups in total. The lowest BCUT2D eigenvalue weighted by molar-refractivity contribution is -0.118. The summed E-state index contributed by atoms with van der Waals surface area (Å²) in [4.78, 5) is 23.5. The largest absolute Gasteiger partial charge is 0.295 e. The van der Waals surface area contributed by atoms with E-state index in [-0.39, 0.29) is 17.5 Å². The van der Waals surface area contributed by atoms with Gasteiger partial charge in [0.1, 0.15) is 0 Å². The quantitative estimate of drug-likeness (QED) is 0.440. The third-order valence-corrected chi connectivity index (χ3v) is 3.75. The van der Waals surface area contributed by atoms with E-state index in [0.717, 1.165) is 22.3 Å². The van der Waals surface area contributed by atoms with Gasteiger partial charge in [-0.3, -0.25) is 9.59 Å². The highest BCUT2D eigenvalue weighted by Gasteiger charge is 2.15. The van der Waals surface area contributed by atoms with Gasteiger partial charge < -0.3 is 0 Å². The monoisotopic (exact) mass is 284 g/mol. The lowest BCUT2D eigenvalue weighted by Crippen LogP contribution is -2.10. The molecule has 0 heterocycles. The van der Waals surface area contributed by atoms with Crippen molar-refractivity contribution in [3.63, 3.8) is 0 Å². The Bertz CT molecular complexity index is 599. The molecule has 1 aromatic rings. The smallest absolute Gasteiger partial charge is 0.161 e. The summed E-state index contributed by atoms with van der Waals surface area (Å²) in [6.45, 7) is 11.2. The van der Waals surface area contributed by atoms with Crippen LogP contribution >= 0.6 is 0 Å². The van der Waals surface area contributed by atoms with Gasteiger partial charge in [-0.15, -0.1) is 0 Å². The predicted octanol–water partition coefficient (Wildman–Crippen LogP) is 4.85. The number of hydrogen-bond acceptors (Lipinski definition) is 2. The van der Waals surface area contributed by atoms with E-state index < -0.39 is 0 Å². The molecule has 0 aliphatic heterocycles. The van der Waals surface area contributed by atoms with Crippen molar-refractivity contribution in [3.05, 3.63) is 52.6 Å². The van der Waals surface area contributed by atoms with E-state index in [4.69, 9.17) is 0 Å². The van der Waals surface area contributed by atoms with Gasteiger partial charge in [0.25, 0.3) is 0 Å². The van der Waals surface area contributed by atoms with Gasteiger partial charge in [0.2, 0.25) is 0 Å². The van der Waals surface area contributed by atoms with Crippen LogP contribution in [0.2, 0.25) is 0 Å². The van der Waals surface area contributed by atoms with Crippen LogP contribution in [0.5, 0.6) is 0 Å². The Morgan fingerprint density at radius 1 is 0.905 bits per heavy atom. The van der Waals surface area contributed by atoms with E-state index in [0.29, 0.717) is 5.56 Å². The first-order chi connectivity index (χ1) is 9.79. The molecular formula is C19H24O2. The maximum absolute atomic E-state index is 12.1. The molecule has 21 heavy (non-hydrogen) atoms. The summed E-state index contributed by atoms with van der Waals surface area (Å²) < 4.78 is 0. The van der Waals surface area contributed by atoms with Crippen molar-refractivity contribution in [1.82, 2.24) is 0 Å². The van der Waals surface area contributed by atoms with Crippen LogP contribution in [0.15, 0.2) is 41.5 Å². The number of hydrogen-bond donors (Lipinski definition) is 0. The Hall–Kier alpha value is -1.96. The summed E-state index contributed by atoms with van der Waals surface area (Å²) in [7, 11) is 0. The summed E-state index contributed by atoms with van der Waals surface area (Å²) in [6.07, 6.45) is 2.01. The second-order valence-electron chi connectivity index (χ2n) is 5.60. The summed E-state index contributed by atoms with van der Waals surface area (Å²) in [5, 5.41) is 0. The topological polar surface area (TPSA) is 34.1 Å². The highest BCUT2D eigenvalue weighted by molar-refractivity contribution is 6.00. The molecule has 0 bridgehead atoms. The maximum Gasteiger partial charge on any atom is 0.161 e. The first kappa shape index (κ1) is 17.1. The van der Waals surface area contributed by atoms with Gasteiger partial charge in [-0.2, -0.15) is 0 Å². The highest BCUT2D eigenvalue weighted by atomic mass is 16.1. The first-order valence-electron chi connectivity index (χ1n) is 7.29. The second-order valence-corrected chi connectivity index (χ2v) is 5.60. The molecule has 0 saturated carbocycles. The minimum atomic E-state index is -0.00172. The average Bonchev–Trinajstić information content (AvgIpc) is 2.46. The summed E-state index contributed by atoms with van der Waals surface area (Å²) in [5.74, 6) is 0.229. The molecule has 2 nitrogen and oxygen atoms in total. The minimum absolute atomic E-state index is 0.00172. The molecule has 0 aliphatic carbocycles. The Morgan fingerprint density at radius 2 is 1.38 bits per heavy atom. The minimum Gasteiger partial charge on any atom is -0.295 e. The van der Waals surface area contributed by atoms with Crippen LogP contribution in [-0.4, -0.2) is 11.6 Å². The van der Waals surface area contributed by atoms with Crippen LogP contribution in [-0.2, 0) is 4.79 Å². The standard InChI is InChI=1S/C19H24O2/c1-7-18(13(4)14(5)19(21)12(2)3)17-10-8-16(9-11-17)15(6)20/h7-12H,1-6H3/b14-13-,18-7+. The molecule has 0 radical (unpaired) electrons. The van der Waals surface area contributed by atoms with Crippen molar-refractivity contribution in [2.24, 2.45) is 5.92 Å². The number of allylic oxidation sites excluding steroid dienone is 4. The molecule has 0 atom stereocenters. The number of rotatable bonds is 5. The fraction of sp³-hybridized carbons (Fsp3) is 0.368. The molecule has 0 amide bonds. The summed E-state index contributed by atoms with van der Waals surface area (Å²) in [6, 6.07) is 7.52. The van der Waals surface area contributed by atoms with Crippen molar-refractivity contribution in [1.29, 1.82) is 0 Å². The number of carbonyl (C=O) groups is 2. The van der Waals surface area contributed by atoms with E-state index in [9.17, 15) is 9.59 Å². The van der Waals surface area contributed by atoms with Crippen molar-refractivity contribution < 1.29 is 9.59 Å². The predicted molar refractivity (Wildman–Crippen MR) is 88.3 cm³/mol. The lowest BCUT2D eigenvalue weighted by Gasteiger charge is -2.13. The molecule has 112 valence electrons. The average molecular weight is 284 g/mol. The zero-order valence-corrected chi connectivity index (χ0v) is 13.8. The van der Waals surface area contributed by atoms with E-state index in [2.05, 4.69) is 0 Å². The Labute approximate surface area is 127 Å². The third-order valence-electron chi connectivity index (χ3n) is 3.75. The zero-order valence-electron chi connectivity index (χ0n) is 13.8. The Balaban J connectivity index is 3.22. The fourth-order valence-electron chi connectivity index (χ4n) is 2.30. The summed E-state index contributed by atoms with van der Waals surface area (Å²) in [5.41, 5.74) is 4.55. The van der Waals surface area contributed by atoms with Crippen LogP contribution in [0.3, 0.4) is 0 Å². The normalized spacial score (nSPS) is 13.2. The molecule has 0 unspecified atom stereocenters. The Kier molecular flexibility index (Phi) is 5.83. The van der Waals surface area contributed by atoms with Crippen LogP contribution in [0, 0.1) is 5.92 Å². The van der Waals surface area contributed by atoms with E-state index in [1.807, 2.05) is 65.0 Å². The van der Waals surface area contributed by atoms with E-state index in [1.54, 1.807) is 6.92 Å². The van der Waals surface area contributed by atoms with Gasteiger partial charge in [-0.25, -0.2) is 0 Å². The van der Waals surface area contributed by atoms with Crippen LogP contribution in [0.25, 0.3) is 5.57 Å². The van der Waals surface area contributed by atoms with Crippen LogP contribution in [0.1, 0.15) is 57.5 Å². The van der Waals surface area contributed by atoms with Crippen molar-refractivity contribution in [2.45, 2.75) is 41.5 Å². The molecular weight excluding hydrogens is 260 g/mol. The van der Waals surface area contributed by atoms with Crippen LogP contribution < -0.4 is 0 Å². The van der Waals surface area contributed by atoms with Crippen molar-refractivity contribution >= 4 is 17.1 Å². The first-order valence-corrected chi connectivity index (χ1v) is 7.29. The number of Topliss-reactive ketones (excluding diaryl/α,β-unsaturated/α-hetero) is 2. The van der Waals surface area contributed by atoms with Gasteiger partial charge in [0.05, 0.1) is 0 Å². The van der Waals surface area contributed by atoms with Gasteiger partial charge in [-0.1, -0.05) is 44.2 Å². The maximum atomic E-state index is 12.1. The second kappa shape index (κ2) is 7.16. The fourth-order valence-corrected chi connectivity index (χ4v) is 2.30. The van der Waals surface area contributed by atoms with Gasteiger partial charge in [-0.05, 0) is 50.0 Å². The SMILES string of the molecule is C/C=C(\C(C)=C(\C)C(=O)C(C)C)c1ccc(C(C)=O)cc1. The lowest BCUT2D eigenvalue weighted by atomic mass is 9.90. The number of benzene rings is 1. The molecule has 1 rings (SSSR count). The van der Waals surface area contributed by atoms with Crippen LogP contribution in [0.4, 0.5) is 0 Å². The molecule has 0 aliphatic rings. The molecule has 0 spiro atoms.